The lowest BCUT2D eigenvalue weighted by Gasteiger charge is -2.35. The maximum absolute atomic E-state index is 12.9. The van der Waals surface area contributed by atoms with Gasteiger partial charge in [0.05, 0.1) is 0 Å². The fourth-order valence-electron chi connectivity index (χ4n) is 2.43. The van der Waals surface area contributed by atoms with Crippen molar-refractivity contribution < 1.29 is 18.7 Å². The summed E-state index contributed by atoms with van der Waals surface area (Å²) in [6.45, 7) is 1.74. The second-order valence-electron chi connectivity index (χ2n) is 4.56. The Balaban J connectivity index is 1.85. The van der Waals surface area contributed by atoms with Crippen molar-refractivity contribution in [3.63, 3.8) is 0 Å². The molecule has 92 valence electrons. The van der Waals surface area contributed by atoms with Crippen molar-refractivity contribution in [3.05, 3.63) is 0 Å². The molecule has 6 heteroatoms. The molecule has 16 heavy (non-hydrogen) atoms. The topological polar surface area (TPSA) is 43.8 Å². The number of rotatable bonds is 1. The molecule has 0 saturated carbocycles. The summed E-state index contributed by atoms with van der Waals surface area (Å²) in [7, 11) is 0. The van der Waals surface area contributed by atoms with Crippen LogP contribution in [0.4, 0.5) is 13.6 Å². The van der Waals surface area contributed by atoms with Crippen molar-refractivity contribution in [3.8, 4) is 0 Å². The number of hydrogen-bond donors (Lipinski definition) is 1. The number of carboxylic acid groups (broad SMARTS) is 1. The van der Waals surface area contributed by atoms with E-state index < -0.39 is 12.0 Å². The van der Waals surface area contributed by atoms with Gasteiger partial charge in [-0.1, -0.05) is 0 Å². The second-order valence-corrected chi connectivity index (χ2v) is 4.56. The highest BCUT2D eigenvalue weighted by molar-refractivity contribution is 5.65. The first kappa shape index (κ1) is 11.6. The van der Waals surface area contributed by atoms with Gasteiger partial charge in [-0.05, 0) is 6.42 Å². The summed E-state index contributed by atoms with van der Waals surface area (Å²) in [5.74, 6) is -2.53. The molecule has 2 fully saturated rings. The maximum atomic E-state index is 12.9. The Hall–Kier alpha value is -0.910. The number of likely N-dealkylation sites (tertiary alicyclic amines) is 2. The van der Waals surface area contributed by atoms with Crippen LogP contribution in [-0.4, -0.2) is 59.1 Å². The average Bonchev–Trinajstić information content (AvgIpc) is 2.66. The van der Waals surface area contributed by atoms with E-state index in [-0.39, 0.29) is 18.9 Å². The van der Waals surface area contributed by atoms with E-state index in [4.69, 9.17) is 5.11 Å². The predicted molar refractivity (Wildman–Crippen MR) is 53.8 cm³/mol. The van der Waals surface area contributed by atoms with Gasteiger partial charge < -0.3 is 10.0 Å². The van der Waals surface area contributed by atoms with E-state index in [9.17, 15) is 13.6 Å². The zero-order valence-corrected chi connectivity index (χ0v) is 9.03. The molecule has 0 aliphatic carbocycles. The maximum Gasteiger partial charge on any atom is 0.407 e. The van der Waals surface area contributed by atoms with E-state index >= 15 is 0 Å². The van der Waals surface area contributed by atoms with E-state index in [1.807, 2.05) is 4.90 Å². The van der Waals surface area contributed by atoms with Crippen LogP contribution in [0.3, 0.4) is 0 Å². The van der Waals surface area contributed by atoms with Gasteiger partial charge in [-0.2, -0.15) is 0 Å². The number of carbonyl (C=O) groups is 1. The Kier molecular flexibility index (Phi) is 3.01. The van der Waals surface area contributed by atoms with Crippen LogP contribution in [-0.2, 0) is 0 Å². The minimum absolute atomic E-state index is 0.101. The molecule has 1 amide bonds. The molecule has 2 rings (SSSR count). The molecule has 0 spiro atoms. The molecular formula is C10H16F2N2O2. The van der Waals surface area contributed by atoms with Crippen molar-refractivity contribution in [2.45, 2.75) is 31.2 Å². The largest absolute Gasteiger partial charge is 0.465 e. The van der Waals surface area contributed by atoms with Gasteiger partial charge in [0.25, 0.3) is 5.92 Å². The summed E-state index contributed by atoms with van der Waals surface area (Å²) in [4.78, 5) is 14.1. The lowest BCUT2D eigenvalue weighted by molar-refractivity contribution is -0.0620. The molecule has 0 aromatic carbocycles. The lowest BCUT2D eigenvalue weighted by Crippen LogP contribution is -2.46. The molecule has 2 aliphatic rings. The Bertz CT molecular complexity index is 276. The summed E-state index contributed by atoms with van der Waals surface area (Å²) in [5.41, 5.74) is 0. The Morgan fingerprint density at radius 3 is 2.38 bits per heavy atom. The van der Waals surface area contributed by atoms with Gasteiger partial charge in [-0.3, -0.25) is 4.90 Å². The molecule has 0 aromatic heterocycles. The minimum atomic E-state index is -2.53. The monoisotopic (exact) mass is 234 g/mol. The van der Waals surface area contributed by atoms with Gasteiger partial charge in [0, 0.05) is 45.1 Å². The predicted octanol–water partition coefficient (Wildman–Crippen LogP) is 1.47. The van der Waals surface area contributed by atoms with Gasteiger partial charge in [0.1, 0.15) is 0 Å². The summed E-state index contributed by atoms with van der Waals surface area (Å²) in [6.07, 6.45) is -0.352. The lowest BCUT2D eigenvalue weighted by atomic mass is 10.0. The van der Waals surface area contributed by atoms with E-state index in [0.717, 1.165) is 6.42 Å². The molecule has 2 saturated heterocycles. The summed E-state index contributed by atoms with van der Waals surface area (Å²) >= 11 is 0. The molecular weight excluding hydrogens is 218 g/mol. The highest BCUT2D eigenvalue weighted by Crippen LogP contribution is 2.30. The van der Waals surface area contributed by atoms with Crippen molar-refractivity contribution in [1.82, 2.24) is 9.80 Å². The molecule has 0 radical (unpaired) electrons. The van der Waals surface area contributed by atoms with E-state index in [1.54, 1.807) is 0 Å². The SMILES string of the molecule is O=C(O)N1CC[C@@H](N2CCC(F)(F)CC2)C1. The zero-order valence-electron chi connectivity index (χ0n) is 9.03. The first-order valence-corrected chi connectivity index (χ1v) is 5.58. The first-order valence-electron chi connectivity index (χ1n) is 5.58. The van der Waals surface area contributed by atoms with Gasteiger partial charge in [-0.15, -0.1) is 0 Å². The molecule has 2 aliphatic heterocycles. The second kappa shape index (κ2) is 4.16. The molecule has 0 aromatic rings. The van der Waals surface area contributed by atoms with E-state index in [0.29, 0.717) is 26.2 Å². The summed E-state index contributed by atoms with van der Waals surface area (Å²) < 4.78 is 25.9. The molecule has 4 nitrogen and oxygen atoms in total. The number of hydrogen-bond acceptors (Lipinski definition) is 2. The standard InChI is InChI=1S/C10H16F2N2O2/c11-10(12)2-5-13(6-3-10)8-1-4-14(7-8)9(15)16/h8H,1-7H2,(H,15,16)/t8-/m1/s1. The van der Waals surface area contributed by atoms with Gasteiger partial charge in [0.2, 0.25) is 0 Å². The van der Waals surface area contributed by atoms with Crippen molar-refractivity contribution >= 4 is 6.09 Å². The highest BCUT2D eigenvalue weighted by atomic mass is 19.3. The van der Waals surface area contributed by atoms with E-state index in [2.05, 4.69) is 0 Å². The van der Waals surface area contributed by atoms with Crippen LogP contribution in [0.5, 0.6) is 0 Å². The van der Waals surface area contributed by atoms with Crippen molar-refractivity contribution in [1.29, 1.82) is 0 Å². The van der Waals surface area contributed by atoms with Crippen LogP contribution in [0.2, 0.25) is 0 Å². The quantitative estimate of drug-likeness (QED) is 0.747. The van der Waals surface area contributed by atoms with E-state index in [1.165, 1.54) is 4.90 Å². The Morgan fingerprint density at radius 2 is 1.88 bits per heavy atom. The minimum Gasteiger partial charge on any atom is -0.465 e. The Morgan fingerprint density at radius 1 is 1.25 bits per heavy atom. The number of nitrogens with zero attached hydrogens (tertiary/aromatic N) is 2. The molecule has 0 bridgehead atoms. The third-order valence-electron chi connectivity index (χ3n) is 3.48. The van der Waals surface area contributed by atoms with Gasteiger partial charge in [-0.25, -0.2) is 13.6 Å². The Labute approximate surface area is 92.8 Å². The molecule has 1 N–H and O–H groups in total. The number of halogens is 2. The molecule has 2 heterocycles. The third-order valence-corrected chi connectivity index (χ3v) is 3.48. The van der Waals surface area contributed by atoms with Crippen molar-refractivity contribution in [2.75, 3.05) is 26.2 Å². The highest BCUT2D eigenvalue weighted by Gasteiger charge is 2.38. The molecule has 0 unspecified atom stereocenters. The summed E-state index contributed by atoms with van der Waals surface area (Å²) in [5, 5.41) is 8.80. The molecule has 1 atom stereocenters. The smallest absolute Gasteiger partial charge is 0.407 e. The fraction of sp³-hybridized carbons (Fsp3) is 0.900. The summed E-state index contributed by atoms with van der Waals surface area (Å²) in [6, 6.07) is 0.132. The first-order chi connectivity index (χ1) is 7.48. The van der Waals surface area contributed by atoms with Gasteiger partial charge in [0.15, 0.2) is 0 Å². The number of piperidine rings is 1. The van der Waals surface area contributed by atoms with Crippen LogP contribution in [0.15, 0.2) is 0 Å². The zero-order chi connectivity index (χ0) is 11.8. The van der Waals surface area contributed by atoms with Gasteiger partial charge >= 0.3 is 6.09 Å². The van der Waals surface area contributed by atoms with Crippen LogP contribution in [0.1, 0.15) is 19.3 Å². The normalized spacial score (nSPS) is 30.6. The van der Waals surface area contributed by atoms with Crippen LogP contribution >= 0.6 is 0 Å². The van der Waals surface area contributed by atoms with Crippen molar-refractivity contribution in [2.24, 2.45) is 0 Å². The number of amides is 1. The van der Waals surface area contributed by atoms with Crippen LogP contribution in [0.25, 0.3) is 0 Å². The fourth-order valence-corrected chi connectivity index (χ4v) is 2.43. The number of alkyl halides is 2. The third kappa shape index (κ3) is 2.42. The van der Waals surface area contributed by atoms with Crippen LogP contribution < -0.4 is 0 Å². The average molecular weight is 234 g/mol. The van der Waals surface area contributed by atoms with Crippen LogP contribution in [0, 0.1) is 0 Å².